The van der Waals surface area contributed by atoms with Crippen molar-refractivity contribution < 1.29 is 22.7 Å². The zero-order chi connectivity index (χ0) is 29.7. The zero-order valence-electron chi connectivity index (χ0n) is 23.7. The van der Waals surface area contributed by atoms with Crippen LogP contribution in [-0.4, -0.2) is 52.5 Å². The fourth-order valence-corrected chi connectivity index (χ4v) is 5.27. The molecule has 1 amide bonds. The molecule has 2 atom stereocenters. The molecular weight excluding hydrogens is 545 g/mol. The summed E-state index contributed by atoms with van der Waals surface area (Å²) in [7, 11) is 0. The standard InChI is InChI=1S/C31H35F3N6O2/c1-3-24-20-39(18-17-35-24)25-10-8-23(9-11-25)21(2)37-29(41)15-14-28-38-27-5-4-16-36-30(27)40(28)19-22-6-12-26(13-7-22)42-31(32,33)34/h4-13,16,21,24,35H,3,14-15,17-20H2,1-2H3,(H,37,41)/t21?,24-/m0/s1. The number of piperazine rings is 1. The van der Waals surface area contributed by atoms with Gasteiger partial charge in [-0.1, -0.05) is 31.2 Å². The Morgan fingerprint density at radius 3 is 2.62 bits per heavy atom. The maximum atomic E-state index is 12.9. The number of benzene rings is 2. The highest BCUT2D eigenvalue weighted by atomic mass is 19.4. The molecule has 1 unspecified atom stereocenters. The SMILES string of the molecule is CC[C@H]1CN(c2ccc(C(C)NC(=O)CCc3nc4cccnc4n3Cc3ccc(OC(F)(F)F)cc3)cc2)CCN1. The number of carbonyl (C=O) groups is 1. The molecule has 222 valence electrons. The summed E-state index contributed by atoms with van der Waals surface area (Å²) in [5, 5.41) is 6.63. The van der Waals surface area contributed by atoms with Crippen LogP contribution in [0, 0.1) is 0 Å². The maximum Gasteiger partial charge on any atom is 0.573 e. The molecule has 3 heterocycles. The molecule has 0 spiro atoms. The molecule has 4 aromatic rings. The summed E-state index contributed by atoms with van der Waals surface area (Å²) >= 11 is 0. The fraction of sp³-hybridized carbons (Fsp3) is 0.387. The average Bonchev–Trinajstić information content (AvgIpc) is 3.33. The van der Waals surface area contributed by atoms with Gasteiger partial charge in [-0.15, -0.1) is 13.2 Å². The predicted molar refractivity (Wildman–Crippen MR) is 155 cm³/mol. The highest BCUT2D eigenvalue weighted by molar-refractivity contribution is 5.77. The first-order valence-corrected chi connectivity index (χ1v) is 14.2. The van der Waals surface area contributed by atoms with Crippen molar-refractivity contribution >= 4 is 22.8 Å². The third kappa shape index (κ3) is 7.39. The molecule has 1 saturated heterocycles. The van der Waals surface area contributed by atoms with Gasteiger partial charge in [0.25, 0.3) is 0 Å². The molecule has 0 radical (unpaired) electrons. The quantitative estimate of drug-likeness (QED) is 0.262. The maximum absolute atomic E-state index is 12.9. The molecule has 2 aromatic carbocycles. The first kappa shape index (κ1) is 29.4. The number of pyridine rings is 1. The second-order valence-corrected chi connectivity index (χ2v) is 10.5. The lowest BCUT2D eigenvalue weighted by atomic mass is 10.1. The molecule has 1 aliphatic rings. The highest BCUT2D eigenvalue weighted by Gasteiger charge is 2.31. The molecule has 0 aliphatic carbocycles. The molecule has 0 bridgehead atoms. The van der Waals surface area contributed by atoms with Gasteiger partial charge in [0, 0.05) is 50.4 Å². The van der Waals surface area contributed by atoms with Crippen LogP contribution >= 0.6 is 0 Å². The smallest absolute Gasteiger partial charge is 0.406 e. The van der Waals surface area contributed by atoms with Gasteiger partial charge in [-0.3, -0.25) is 4.79 Å². The monoisotopic (exact) mass is 580 g/mol. The number of aryl methyl sites for hydroxylation is 1. The van der Waals surface area contributed by atoms with Crippen LogP contribution in [0.1, 0.15) is 49.7 Å². The summed E-state index contributed by atoms with van der Waals surface area (Å²) in [4.78, 5) is 24.5. The number of amides is 1. The molecule has 5 rings (SSSR count). The molecular formula is C31H35F3N6O2. The number of anilines is 1. The Labute approximate surface area is 242 Å². The van der Waals surface area contributed by atoms with E-state index in [9.17, 15) is 18.0 Å². The Hall–Kier alpha value is -4.12. The lowest BCUT2D eigenvalue weighted by Crippen LogP contribution is -2.50. The molecule has 8 nitrogen and oxygen atoms in total. The lowest BCUT2D eigenvalue weighted by molar-refractivity contribution is -0.274. The second kappa shape index (κ2) is 12.8. The number of fused-ring (bicyclic) bond motifs is 1. The number of ether oxygens (including phenoxy) is 1. The number of halogens is 3. The van der Waals surface area contributed by atoms with Crippen molar-refractivity contribution in [1.82, 2.24) is 25.2 Å². The van der Waals surface area contributed by atoms with Gasteiger partial charge in [0.05, 0.1) is 12.6 Å². The molecule has 1 fully saturated rings. The summed E-state index contributed by atoms with van der Waals surface area (Å²) in [5.74, 6) is 0.294. The van der Waals surface area contributed by atoms with Crippen LogP contribution in [0.3, 0.4) is 0 Å². The van der Waals surface area contributed by atoms with Gasteiger partial charge in [0.15, 0.2) is 5.65 Å². The van der Waals surface area contributed by atoms with Gasteiger partial charge in [0.2, 0.25) is 5.91 Å². The van der Waals surface area contributed by atoms with Gasteiger partial charge in [0.1, 0.15) is 17.1 Å². The first-order valence-electron chi connectivity index (χ1n) is 14.2. The first-order chi connectivity index (χ1) is 20.2. The number of hydrogen-bond acceptors (Lipinski definition) is 6. The highest BCUT2D eigenvalue weighted by Crippen LogP contribution is 2.25. The van der Waals surface area contributed by atoms with E-state index < -0.39 is 6.36 Å². The summed E-state index contributed by atoms with van der Waals surface area (Å²) in [6, 6.07) is 18.1. The van der Waals surface area contributed by atoms with Gasteiger partial charge in [-0.2, -0.15) is 0 Å². The van der Waals surface area contributed by atoms with Crippen LogP contribution in [0.5, 0.6) is 5.75 Å². The topological polar surface area (TPSA) is 84.3 Å². The molecule has 2 aromatic heterocycles. The van der Waals surface area contributed by atoms with Crippen molar-refractivity contribution in [3.8, 4) is 5.75 Å². The van der Waals surface area contributed by atoms with Gasteiger partial charge in [-0.25, -0.2) is 9.97 Å². The van der Waals surface area contributed by atoms with Crippen molar-refractivity contribution in [3.05, 3.63) is 83.8 Å². The molecule has 42 heavy (non-hydrogen) atoms. The number of carbonyl (C=O) groups excluding carboxylic acids is 1. The summed E-state index contributed by atoms with van der Waals surface area (Å²) < 4.78 is 43.5. The Kier molecular flexibility index (Phi) is 8.96. The lowest BCUT2D eigenvalue weighted by Gasteiger charge is -2.35. The van der Waals surface area contributed by atoms with Crippen LogP contribution in [0.25, 0.3) is 11.2 Å². The second-order valence-electron chi connectivity index (χ2n) is 10.5. The fourth-order valence-electron chi connectivity index (χ4n) is 5.27. The number of hydrogen-bond donors (Lipinski definition) is 2. The minimum absolute atomic E-state index is 0.0975. The number of alkyl halides is 3. The Morgan fingerprint density at radius 2 is 1.90 bits per heavy atom. The van der Waals surface area contributed by atoms with E-state index in [2.05, 4.69) is 61.4 Å². The van der Waals surface area contributed by atoms with Crippen LogP contribution in [0.2, 0.25) is 0 Å². The van der Waals surface area contributed by atoms with E-state index in [4.69, 9.17) is 0 Å². The van der Waals surface area contributed by atoms with Crippen molar-refractivity contribution in [3.63, 3.8) is 0 Å². The van der Waals surface area contributed by atoms with E-state index in [1.165, 1.54) is 17.8 Å². The number of aromatic nitrogens is 3. The van der Waals surface area contributed by atoms with E-state index in [1.54, 1.807) is 24.4 Å². The van der Waals surface area contributed by atoms with E-state index in [0.717, 1.165) is 37.2 Å². The molecule has 0 saturated carbocycles. The molecule has 1 aliphatic heterocycles. The number of nitrogens with zero attached hydrogens (tertiary/aromatic N) is 4. The minimum atomic E-state index is -4.75. The third-order valence-electron chi connectivity index (χ3n) is 7.54. The molecule has 2 N–H and O–H groups in total. The Bertz CT molecular complexity index is 1490. The number of nitrogens with one attached hydrogen (secondary N) is 2. The Balaban J connectivity index is 1.21. The van der Waals surface area contributed by atoms with Gasteiger partial charge < -0.3 is 24.8 Å². The third-order valence-corrected chi connectivity index (χ3v) is 7.54. The van der Waals surface area contributed by atoms with E-state index >= 15 is 0 Å². The summed E-state index contributed by atoms with van der Waals surface area (Å²) in [6.45, 7) is 7.43. The van der Waals surface area contributed by atoms with Crippen molar-refractivity contribution in [2.24, 2.45) is 0 Å². The van der Waals surface area contributed by atoms with E-state index in [-0.39, 0.29) is 24.1 Å². The van der Waals surface area contributed by atoms with Gasteiger partial charge >= 0.3 is 6.36 Å². The van der Waals surface area contributed by atoms with Crippen LogP contribution in [-0.2, 0) is 17.8 Å². The van der Waals surface area contributed by atoms with Crippen molar-refractivity contribution in [1.29, 1.82) is 0 Å². The summed E-state index contributed by atoms with van der Waals surface area (Å²) in [5.41, 5.74) is 4.30. The number of imidazole rings is 1. The van der Waals surface area contributed by atoms with Crippen LogP contribution in [0.4, 0.5) is 18.9 Å². The van der Waals surface area contributed by atoms with Gasteiger partial charge in [-0.05, 0) is 60.9 Å². The average molecular weight is 581 g/mol. The summed E-state index contributed by atoms with van der Waals surface area (Å²) in [6.07, 6.45) is -1.38. The van der Waals surface area contributed by atoms with E-state index in [0.29, 0.717) is 36.0 Å². The minimum Gasteiger partial charge on any atom is -0.406 e. The molecule has 11 heteroatoms. The predicted octanol–water partition coefficient (Wildman–Crippen LogP) is 5.38. The number of rotatable bonds is 10. The largest absolute Gasteiger partial charge is 0.573 e. The van der Waals surface area contributed by atoms with Crippen molar-refractivity contribution in [2.75, 3.05) is 24.5 Å². The normalized spacial score (nSPS) is 16.4. The van der Waals surface area contributed by atoms with Crippen LogP contribution in [0.15, 0.2) is 66.9 Å². The van der Waals surface area contributed by atoms with E-state index in [1.807, 2.05) is 17.6 Å². The Morgan fingerprint density at radius 1 is 1.14 bits per heavy atom. The van der Waals surface area contributed by atoms with Crippen molar-refractivity contribution in [2.45, 2.75) is 58.1 Å². The zero-order valence-corrected chi connectivity index (χ0v) is 23.7. The van der Waals surface area contributed by atoms with Crippen LogP contribution < -0.4 is 20.3 Å².